The third-order valence-electron chi connectivity index (χ3n) is 3.33. The molecule has 2 nitrogen and oxygen atoms in total. The van der Waals surface area contributed by atoms with E-state index in [1.54, 1.807) is 6.07 Å². The fourth-order valence-corrected chi connectivity index (χ4v) is 2.89. The van der Waals surface area contributed by atoms with E-state index in [0.717, 1.165) is 12.8 Å². The average molecular weight is 308 g/mol. The molecule has 0 bridgehead atoms. The highest BCUT2D eigenvalue weighted by Gasteiger charge is 2.14. The van der Waals surface area contributed by atoms with Gasteiger partial charge in [-0.3, -0.25) is 0 Å². The van der Waals surface area contributed by atoms with Crippen molar-refractivity contribution in [2.45, 2.75) is 51.0 Å². The lowest BCUT2D eigenvalue weighted by Crippen LogP contribution is -2.21. The van der Waals surface area contributed by atoms with E-state index in [2.05, 4.69) is 10.3 Å². The number of hydrogen-bond donors (Lipinski definition) is 1. The van der Waals surface area contributed by atoms with E-state index in [1.165, 1.54) is 32.1 Å². The van der Waals surface area contributed by atoms with Crippen LogP contribution in [0.4, 0.5) is 5.82 Å². The number of hydrogen-bond acceptors (Lipinski definition) is 2. The summed E-state index contributed by atoms with van der Waals surface area (Å²) in [5, 5.41) is 4.63. The Bertz CT molecular complexity index is 401. The molecule has 1 heterocycles. The monoisotopic (exact) mass is 306 g/mol. The van der Waals surface area contributed by atoms with Gasteiger partial charge in [-0.2, -0.15) is 0 Å². The summed E-state index contributed by atoms with van der Waals surface area (Å²) in [5.41, 5.74) is 0. The topological polar surface area (TPSA) is 24.9 Å². The molecule has 1 aromatic rings. The van der Waals surface area contributed by atoms with Gasteiger partial charge in [-0.05, 0) is 18.9 Å². The van der Waals surface area contributed by atoms with Crippen LogP contribution in [0.3, 0.4) is 0 Å². The predicted octanol–water partition coefficient (Wildman–Crippen LogP) is 5.57. The Kier molecular flexibility index (Phi) is 5.40. The molecule has 100 valence electrons. The highest BCUT2D eigenvalue weighted by atomic mass is 35.5. The summed E-state index contributed by atoms with van der Waals surface area (Å²) in [5.74, 6) is 0.650. The van der Waals surface area contributed by atoms with E-state index in [0.29, 0.717) is 27.1 Å². The minimum absolute atomic E-state index is 0.300. The molecule has 1 fully saturated rings. The maximum absolute atomic E-state index is 6.13. The zero-order chi connectivity index (χ0) is 13.0. The van der Waals surface area contributed by atoms with Gasteiger partial charge in [0.05, 0.1) is 10.0 Å². The molecule has 1 aliphatic carbocycles. The van der Waals surface area contributed by atoms with Crippen molar-refractivity contribution in [2.75, 3.05) is 5.32 Å². The van der Waals surface area contributed by atoms with Gasteiger partial charge >= 0.3 is 0 Å². The quantitative estimate of drug-likeness (QED) is 0.723. The van der Waals surface area contributed by atoms with Gasteiger partial charge in [-0.1, -0.05) is 66.9 Å². The second-order valence-corrected chi connectivity index (χ2v) is 5.95. The summed E-state index contributed by atoms with van der Waals surface area (Å²) < 4.78 is 0. The molecule has 0 aromatic carbocycles. The number of anilines is 1. The highest BCUT2D eigenvalue weighted by molar-refractivity contribution is 6.42. The van der Waals surface area contributed by atoms with Gasteiger partial charge in [-0.25, -0.2) is 4.98 Å². The van der Waals surface area contributed by atoms with E-state index in [-0.39, 0.29) is 0 Å². The van der Waals surface area contributed by atoms with Crippen molar-refractivity contribution in [2.24, 2.45) is 0 Å². The Hall–Kier alpha value is -0.180. The molecule has 5 heteroatoms. The number of nitrogens with one attached hydrogen (secondary N) is 1. The Balaban J connectivity index is 2.05. The molecule has 0 aliphatic heterocycles. The normalized spacial score (nSPS) is 18.2. The average Bonchev–Trinajstić information content (AvgIpc) is 2.29. The van der Waals surface area contributed by atoms with Crippen molar-refractivity contribution in [1.82, 2.24) is 4.98 Å². The van der Waals surface area contributed by atoms with Gasteiger partial charge in [0.1, 0.15) is 11.0 Å². The fourth-order valence-electron chi connectivity index (χ4n) is 2.34. The lowest BCUT2D eigenvalue weighted by atomic mass is 9.97. The van der Waals surface area contributed by atoms with Crippen molar-refractivity contribution in [3.05, 3.63) is 21.3 Å². The summed E-state index contributed by atoms with van der Waals surface area (Å²) in [4.78, 5) is 4.21. The molecule has 2 rings (SSSR count). The first kappa shape index (κ1) is 14.2. The summed E-state index contributed by atoms with van der Waals surface area (Å²) >= 11 is 17.9. The minimum atomic E-state index is 0.300. The lowest BCUT2D eigenvalue weighted by molar-refractivity contribution is 0.471. The van der Waals surface area contributed by atoms with Crippen molar-refractivity contribution in [1.29, 1.82) is 0 Å². The molecular weight excluding hydrogens is 291 g/mol. The SMILES string of the molecule is Clc1cc(Cl)c(NC2CCCCCCC2)nc1Cl. The number of pyridine rings is 1. The molecule has 1 saturated carbocycles. The van der Waals surface area contributed by atoms with E-state index in [4.69, 9.17) is 34.8 Å². The smallest absolute Gasteiger partial charge is 0.150 e. The molecule has 0 amide bonds. The Morgan fingerprint density at radius 3 is 2.22 bits per heavy atom. The molecule has 0 atom stereocenters. The number of halogens is 3. The second kappa shape index (κ2) is 6.83. The van der Waals surface area contributed by atoms with Crippen LogP contribution in [-0.2, 0) is 0 Å². The van der Waals surface area contributed by atoms with Crippen LogP contribution in [0, 0.1) is 0 Å². The van der Waals surface area contributed by atoms with E-state index < -0.39 is 0 Å². The first-order chi connectivity index (χ1) is 8.66. The summed E-state index contributed by atoms with van der Waals surface area (Å²) in [7, 11) is 0. The van der Waals surface area contributed by atoms with Gasteiger partial charge in [0.15, 0.2) is 0 Å². The van der Waals surface area contributed by atoms with Crippen LogP contribution in [-0.4, -0.2) is 11.0 Å². The summed E-state index contributed by atoms with van der Waals surface area (Å²) in [6.45, 7) is 0. The van der Waals surface area contributed by atoms with Crippen LogP contribution in [0.1, 0.15) is 44.9 Å². The number of nitrogens with zero attached hydrogens (tertiary/aromatic N) is 1. The molecule has 0 saturated heterocycles. The lowest BCUT2D eigenvalue weighted by Gasteiger charge is -2.22. The predicted molar refractivity (Wildman–Crippen MR) is 79.0 cm³/mol. The second-order valence-electron chi connectivity index (χ2n) is 4.78. The molecular formula is C13H17Cl3N2. The van der Waals surface area contributed by atoms with Crippen molar-refractivity contribution >= 4 is 40.6 Å². The largest absolute Gasteiger partial charge is 0.366 e. The van der Waals surface area contributed by atoms with E-state index >= 15 is 0 Å². The maximum atomic E-state index is 6.13. The third-order valence-corrected chi connectivity index (χ3v) is 4.29. The number of rotatable bonds is 2. The van der Waals surface area contributed by atoms with Gasteiger partial charge in [-0.15, -0.1) is 0 Å². The molecule has 0 unspecified atom stereocenters. The van der Waals surface area contributed by atoms with Crippen LogP contribution in [0.25, 0.3) is 0 Å². The molecule has 1 N–H and O–H groups in total. The van der Waals surface area contributed by atoms with E-state index in [9.17, 15) is 0 Å². The fraction of sp³-hybridized carbons (Fsp3) is 0.615. The van der Waals surface area contributed by atoms with E-state index in [1.807, 2.05) is 0 Å². The Morgan fingerprint density at radius 1 is 0.944 bits per heavy atom. The van der Waals surface area contributed by atoms with Gasteiger partial charge in [0, 0.05) is 6.04 Å². The van der Waals surface area contributed by atoms with Gasteiger partial charge in [0.25, 0.3) is 0 Å². The van der Waals surface area contributed by atoms with Crippen LogP contribution < -0.4 is 5.32 Å². The minimum Gasteiger partial charge on any atom is -0.366 e. The van der Waals surface area contributed by atoms with Crippen molar-refractivity contribution in [3.8, 4) is 0 Å². The van der Waals surface area contributed by atoms with Gasteiger partial charge < -0.3 is 5.32 Å². The van der Waals surface area contributed by atoms with Crippen LogP contribution >= 0.6 is 34.8 Å². The van der Waals surface area contributed by atoms with Gasteiger partial charge in [0.2, 0.25) is 0 Å². The van der Waals surface area contributed by atoms with Crippen LogP contribution in [0.2, 0.25) is 15.2 Å². The standard InChI is InChI=1S/C13H17Cl3N2/c14-10-8-11(15)13(18-12(10)16)17-9-6-4-2-1-3-5-7-9/h8-9H,1-7H2,(H,17,18). The third kappa shape index (κ3) is 3.91. The van der Waals surface area contributed by atoms with Crippen molar-refractivity contribution < 1.29 is 0 Å². The zero-order valence-corrected chi connectivity index (χ0v) is 12.5. The number of aromatic nitrogens is 1. The van der Waals surface area contributed by atoms with Crippen LogP contribution in [0.5, 0.6) is 0 Å². The maximum Gasteiger partial charge on any atom is 0.150 e. The Labute approximate surface area is 123 Å². The molecule has 0 spiro atoms. The molecule has 1 aliphatic rings. The molecule has 0 radical (unpaired) electrons. The summed E-state index contributed by atoms with van der Waals surface area (Å²) in [6.07, 6.45) is 8.85. The molecule has 18 heavy (non-hydrogen) atoms. The molecule has 1 aromatic heterocycles. The zero-order valence-electron chi connectivity index (χ0n) is 10.2. The Morgan fingerprint density at radius 2 is 1.56 bits per heavy atom. The van der Waals surface area contributed by atoms with Crippen molar-refractivity contribution in [3.63, 3.8) is 0 Å². The highest BCUT2D eigenvalue weighted by Crippen LogP contribution is 2.30. The summed E-state index contributed by atoms with van der Waals surface area (Å²) in [6, 6.07) is 2.08. The first-order valence-electron chi connectivity index (χ1n) is 6.45. The first-order valence-corrected chi connectivity index (χ1v) is 7.58. The van der Waals surface area contributed by atoms with Crippen LogP contribution in [0.15, 0.2) is 6.07 Å².